The summed E-state index contributed by atoms with van der Waals surface area (Å²) in [6.45, 7) is 2.39. The van der Waals surface area contributed by atoms with Gasteiger partial charge in [0.2, 0.25) is 12.7 Å². The van der Waals surface area contributed by atoms with Crippen LogP contribution in [-0.2, 0) is 11.3 Å². The van der Waals surface area contributed by atoms with Gasteiger partial charge < -0.3 is 24.3 Å². The Balaban J connectivity index is 1.27. The third-order valence-electron chi connectivity index (χ3n) is 5.84. The van der Waals surface area contributed by atoms with Crippen molar-refractivity contribution < 1.29 is 23.7 Å². The summed E-state index contributed by atoms with van der Waals surface area (Å²) in [6.07, 6.45) is 4.68. The zero-order valence-corrected chi connectivity index (χ0v) is 16.9. The minimum Gasteiger partial charge on any atom is -0.486 e. The number of benzene rings is 2. The summed E-state index contributed by atoms with van der Waals surface area (Å²) >= 11 is 0. The van der Waals surface area contributed by atoms with Gasteiger partial charge in [0.25, 0.3) is 0 Å². The highest BCUT2D eigenvalue weighted by molar-refractivity contribution is 5.92. The SMILES string of the molecule is O=C(CN(Cc1ccc2c(c1)OCO2)C1CCCC1)Nc1ccc2c(c1)OCCO2. The lowest BCUT2D eigenvalue weighted by Gasteiger charge is -2.28. The Bertz CT molecular complexity index is 926. The molecule has 0 atom stereocenters. The zero-order chi connectivity index (χ0) is 20.3. The Labute approximate surface area is 175 Å². The molecule has 2 aromatic carbocycles. The van der Waals surface area contributed by atoms with E-state index in [1.807, 2.05) is 36.4 Å². The molecule has 0 saturated heterocycles. The molecule has 2 aliphatic heterocycles. The van der Waals surface area contributed by atoms with Gasteiger partial charge >= 0.3 is 0 Å². The third kappa shape index (κ3) is 4.16. The predicted molar refractivity (Wildman–Crippen MR) is 111 cm³/mol. The number of hydrogen-bond acceptors (Lipinski definition) is 6. The van der Waals surface area contributed by atoms with Gasteiger partial charge in [0, 0.05) is 24.3 Å². The molecule has 158 valence electrons. The first kappa shape index (κ1) is 19.1. The number of rotatable bonds is 6. The first-order valence-corrected chi connectivity index (χ1v) is 10.6. The lowest BCUT2D eigenvalue weighted by molar-refractivity contribution is -0.118. The molecule has 2 aromatic rings. The van der Waals surface area contributed by atoms with Gasteiger partial charge in [-0.05, 0) is 42.7 Å². The summed E-state index contributed by atoms with van der Waals surface area (Å²) in [4.78, 5) is 15.1. The number of nitrogens with zero attached hydrogens (tertiary/aromatic N) is 1. The molecular weight excluding hydrogens is 384 g/mol. The lowest BCUT2D eigenvalue weighted by atomic mass is 10.1. The number of nitrogens with one attached hydrogen (secondary N) is 1. The molecule has 1 saturated carbocycles. The molecule has 0 aromatic heterocycles. The van der Waals surface area contributed by atoms with Gasteiger partial charge in [0.15, 0.2) is 23.0 Å². The second-order valence-corrected chi connectivity index (χ2v) is 7.94. The monoisotopic (exact) mass is 410 g/mol. The van der Waals surface area contributed by atoms with E-state index in [1.54, 1.807) is 0 Å². The predicted octanol–water partition coefficient (Wildman–Crippen LogP) is 3.57. The third-order valence-corrected chi connectivity index (χ3v) is 5.84. The van der Waals surface area contributed by atoms with Gasteiger partial charge in [-0.25, -0.2) is 0 Å². The molecule has 1 fully saturated rings. The second-order valence-electron chi connectivity index (χ2n) is 7.94. The van der Waals surface area contributed by atoms with Crippen molar-refractivity contribution in [2.24, 2.45) is 0 Å². The number of ether oxygens (including phenoxy) is 4. The van der Waals surface area contributed by atoms with Crippen molar-refractivity contribution in [2.45, 2.75) is 38.3 Å². The van der Waals surface area contributed by atoms with E-state index in [0.717, 1.165) is 41.3 Å². The van der Waals surface area contributed by atoms with E-state index in [9.17, 15) is 4.79 Å². The summed E-state index contributed by atoms with van der Waals surface area (Å²) in [5, 5.41) is 3.01. The Morgan fingerprint density at radius 3 is 2.47 bits per heavy atom. The van der Waals surface area contributed by atoms with E-state index in [0.29, 0.717) is 38.1 Å². The fraction of sp³-hybridized carbons (Fsp3) is 0.435. The van der Waals surface area contributed by atoms with E-state index in [1.165, 1.54) is 12.8 Å². The molecule has 30 heavy (non-hydrogen) atoms. The number of fused-ring (bicyclic) bond motifs is 2. The fourth-order valence-corrected chi connectivity index (χ4v) is 4.36. The van der Waals surface area contributed by atoms with Crippen LogP contribution in [0.3, 0.4) is 0 Å². The van der Waals surface area contributed by atoms with Crippen LogP contribution in [0, 0.1) is 0 Å². The molecule has 0 radical (unpaired) electrons. The largest absolute Gasteiger partial charge is 0.486 e. The second kappa shape index (κ2) is 8.44. The number of amides is 1. The Morgan fingerprint density at radius 2 is 1.60 bits per heavy atom. The minimum absolute atomic E-state index is 0.0284. The van der Waals surface area contributed by atoms with Crippen molar-refractivity contribution in [3.05, 3.63) is 42.0 Å². The van der Waals surface area contributed by atoms with Gasteiger partial charge in [0.05, 0.1) is 6.54 Å². The average molecular weight is 410 g/mol. The highest BCUT2D eigenvalue weighted by Gasteiger charge is 2.25. The van der Waals surface area contributed by atoms with Crippen molar-refractivity contribution in [1.82, 2.24) is 4.90 Å². The van der Waals surface area contributed by atoms with Crippen LogP contribution >= 0.6 is 0 Å². The van der Waals surface area contributed by atoms with Gasteiger partial charge in [-0.1, -0.05) is 18.9 Å². The molecule has 7 heteroatoms. The van der Waals surface area contributed by atoms with E-state index >= 15 is 0 Å². The average Bonchev–Trinajstić information content (AvgIpc) is 3.45. The van der Waals surface area contributed by atoms with Crippen LogP contribution in [0.5, 0.6) is 23.0 Å². The molecular formula is C23H26N2O5. The topological polar surface area (TPSA) is 69.3 Å². The summed E-state index contributed by atoms with van der Waals surface area (Å²) in [5.74, 6) is 2.92. The number of carbonyl (C=O) groups excluding carboxylic acids is 1. The Morgan fingerprint density at radius 1 is 0.900 bits per heavy atom. The summed E-state index contributed by atoms with van der Waals surface area (Å²) in [7, 11) is 0. The maximum atomic E-state index is 12.9. The van der Waals surface area contributed by atoms with E-state index in [4.69, 9.17) is 18.9 Å². The van der Waals surface area contributed by atoms with E-state index < -0.39 is 0 Å². The zero-order valence-electron chi connectivity index (χ0n) is 16.9. The van der Waals surface area contributed by atoms with Crippen LogP contribution in [-0.4, -0.2) is 43.4 Å². The van der Waals surface area contributed by atoms with Crippen molar-refractivity contribution in [3.63, 3.8) is 0 Å². The van der Waals surface area contributed by atoms with Crippen molar-refractivity contribution in [2.75, 3.05) is 31.9 Å². The molecule has 0 spiro atoms. The number of carbonyl (C=O) groups is 1. The van der Waals surface area contributed by atoms with Gasteiger partial charge in [-0.3, -0.25) is 9.69 Å². The maximum Gasteiger partial charge on any atom is 0.238 e. The molecule has 5 rings (SSSR count). The summed E-state index contributed by atoms with van der Waals surface area (Å²) in [6, 6.07) is 11.9. The Hall–Kier alpha value is -2.93. The molecule has 3 aliphatic rings. The highest BCUT2D eigenvalue weighted by Crippen LogP contribution is 2.34. The Kier molecular flexibility index (Phi) is 5.36. The highest BCUT2D eigenvalue weighted by atomic mass is 16.7. The van der Waals surface area contributed by atoms with Crippen LogP contribution < -0.4 is 24.3 Å². The van der Waals surface area contributed by atoms with Crippen molar-refractivity contribution in [3.8, 4) is 23.0 Å². The van der Waals surface area contributed by atoms with Crippen LogP contribution in [0.2, 0.25) is 0 Å². The van der Waals surface area contributed by atoms with Crippen LogP contribution in [0.1, 0.15) is 31.2 Å². The van der Waals surface area contributed by atoms with E-state index in [2.05, 4.69) is 10.2 Å². The molecule has 0 unspecified atom stereocenters. The summed E-state index contributed by atoms with van der Waals surface area (Å²) < 4.78 is 22.1. The lowest BCUT2D eigenvalue weighted by Crippen LogP contribution is -2.39. The molecule has 2 heterocycles. The molecule has 7 nitrogen and oxygen atoms in total. The van der Waals surface area contributed by atoms with Crippen LogP contribution in [0.25, 0.3) is 0 Å². The van der Waals surface area contributed by atoms with Crippen LogP contribution in [0.15, 0.2) is 36.4 Å². The quantitative estimate of drug-likeness (QED) is 0.785. The smallest absolute Gasteiger partial charge is 0.238 e. The molecule has 0 bridgehead atoms. The molecule has 1 amide bonds. The number of hydrogen-bond donors (Lipinski definition) is 1. The number of anilines is 1. The minimum atomic E-state index is -0.0284. The molecule has 1 aliphatic carbocycles. The van der Waals surface area contributed by atoms with Crippen molar-refractivity contribution in [1.29, 1.82) is 0 Å². The standard InChI is InChI=1S/C23H26N2O5/c26-23(24-17-6-8-19-22(12-17)28-10-9-27-19)14-25(18-3-1-2-4-18)13-16-5-7-20-21(11-16)30-15-29-20/h5-8,11-12,18H,1-4,9-10,13-15H2,(H,24,26). The summed E-state index contributed by atoms with van der Waals surface area (Å²) in [5.41, 5.74) is 1.84. The first-order chi connectivity index (χ1) is 14.7. The first-order valence-electron chi connectivity index (χ1n) is 10.6. The maximum absolute atomic E-state index is 12.9. The van der Waals surface area contributed by atoms with Gasteiger partial charge in [-0.15, -0.1) is 0 Å². The van der Waals surface area contributed by atoms with Crippen LogP contribution in [0.4, 0.5) is 5.69 Å². The van der Waals surface area contributed by atoms with Gasteiger partial charge in [0.1, 0.15) is 13.2 Å². The van der Waals surface area contributed by atoms with E-state index in [-0.39, 0.29) is 12.7 Å². The fourth-order valence-electron chi connectivity index (χ4n) is 4.36. The molecule has 1 N–H and O–H groups in total. The van der Waals surface area contributed by atoms with Gasteiger partial charge in [-0.2, -0.15) is 0 Å². The normalized spacial score (nSPS) is 17.4. The van der Waals surface area contributed by atoms with Crippen molar-refractivity contribution >= 4 is 11.6 Å².